The van der Waals surface area contributed by atoms with Crippen molar-refractivity contribution in [3.05, 3.63) is 35.5 Å². The summed E-state index contributed by atoms with van der Waals surface area (Å²) in [4.78, 5) is 26.1. The first kappa shape index (κ1) is 16.1. The minimum absolute atomic E-state index is 0.0247. The van der Waals surface area contributed by atoms with Crippen molar-refractivity contribution in [2.45, 2.75) is 38.1 Å². The molecule has 0 atom stereocenters. The van der Waals surface area contributed by atoms with Gasteiger partial charge < -0.3 is 10.1 Å². The number of nitrogens with zero attached hydrogens (tertiary/aromatic N) is 1. The third kappa shape index (κ3) is 3.43. The number of carbonyl (C=O) groups is 2. The van der Waals surface area contributed by atoms with E-state index in [9.17, 15) is 9.59 Å². The van der Waals surface area contributed by atoms with Gasteiger partial charge in [-0.1, -0.05) is 37.3 Å². The molecular formula is C19H20N2O3. The maximum absolute atomic E-state index is 12.6. The monoisotopic (exact) mass is 324 g/mol. The number of hydrogen-bond acceptors (Lipinski definition) is 3. The lowest BCUT2D eigenvalue weighted by molar-refractivity contribution is -0.124. The van der Waals surface area contributed by atoms with Crippen LogP contribution < -0.4 is 10.1 Å². The zero-order valence-corrected chi connectivity index (χ0v) is 13.5. The van der Waals surface area contributed by atoms with E-state index in [-0.39, 0.29) is 24.6 Å². The van der Waals surface area contributed by atoms with Gasteiger partial charge in [0.25, 0.3) is 5.91 Å². The van der Waals surface area contributed by atoms with Crippen LogP contribution in [0.5, 0.6) is 5.75 Å². The van der Waals surface area contributed by atoms with Gasteiger partial charge in [0.1, 0.15) is 18.1 Å². The van der Waals surface area contributed by atoms with Crippen molar-refractivity contribution < 1.29 is 14.3 Å². The van der Waals surface area contributed by atoms with Crippen molar-refractivity contribution >= 4 is 18.0 Å². The Morgan fingerprint density at radius 3 is 2.58 bits per heavy atom. The topological polar surface area (TPSA) is 58.6 Å². The van der Waals surface area contributed by atoms with Gasteiger partial charge >= 0.3 is 6.03 Å². The van der Waals surface area contributed by atoms with Gasteiger partial charge in [0.15, 0.2) is 0 Å². The van der Waals surface area contributed by atoms with Crippen molar-refractivity contribution in [1.29, 1.82) is 0 Å². The predicted octanol–water partition coefficient (Wildman–Crippen LogP) is 2.92. The summed E-state index contributed by atoms with van der Waals surface area (Å²) in [5.41, 5.74) is 1.14. The molecule has 0 spiro atoms. The van der Waals surface area contributed by atoms with Crippen LogP contribution in [0.2, 0.25) is 0 Å². The lowest BCUT2D eigenvalue weighted by Crippen LogP contribution is -2.41. The van der Waals surface area contributed by atoms with Crippen molar-refractivity contribution in [3.63, 3.8) is 0 Å². The van der Waals surface area contributed by atoms with Crippen LogP contribution in [0.3, 0.4) is 0 Å². The van der Waals surface area contributed by atoms with Gasteiger partial charge in [-0.25, -0.2) is 4.79 Å². The van der Waals surface area contributed by atoms with Crippen LogP contribution >= 0.6 is 0 Å². The zero-order chi connectivity index (χ0) is 16.9. The van der Waals surface area contributed by atoms with Gasteiger partial charge in [0.05, 0.1) is 0 Å². The molecule has 1 aliphatic heterocycles. The molecule has 3 amide bonds. The largest absolute Gasteiger partial charge is 0.481 e. The zero-order valence-electron chi connectivity index (χ0n) is 13.5. The van der Waals surface area contributed by atoms with E-state index < -0.39 is 0 Å². The summed E-state index contributed by atoms with van der Waals surface area (Å²) < 4.78 is 5.31. The van der Waals surface area contributed by atoms with E-state index in [1.165, 1.54) is 11.3 Å². The average molecular weight is 324 g/mol. The number of hydrogen-bond donors (Lipinski definition) is 1. The van der Waals surface area contributed by atoms with Crippen LogP contribution in [0.15, 0.2) is 30.0 Å². The Balaban J connectivity index is 1.72. The van der Waals surface area contributed by atoms with Gasteiger partial charge in [-0.3, -0.25) is 9.69 Å². The van der Waals surface area contributed by atoms with Gasteiger partial charge in [-0.05, 0) is 36.6 Å². The molecule has 24 heavy (non-hydrogen) atoms. The number of nitrogens with one attached hydrogen (secondary N) is 1. The summed E-state index contributed by atoms with van der Waals surface area (Å²) >= 11 is 0. The highest BCUT2D eigenvalue weighted by molar-refractivity contribution is 6.14. The van der Waals surface area contributed by atoms with E-state index in [4.69, 9.17) is 11.2 Å². The molecule has 1 heterocycles. The van der Waals surface area contributed by atoms with Crippen LogP contribution in [0.1, 0.15) is 37.7 Å². The van der Waals surface area contributed by atoms with Crippen molar-refractivity contribution in [1.82, 2.24) is 10.2 Å². The Morgan fingerprint density at radius 1 is 1.21 bits per heavy atom. The highest BCUT2D eigenvalue weighted by Crippen LogP contribution is 2.27. The van der Waals surface area contributed by atoms with Crippen LogP contribution in [0.25, 0.3) is 6.08 Å². The Bertz CT molecular complexity index is 694. The highest BCUT2D eigenvalue weighted by Gasteiger charge is 2.38. The molecule has 2 aliphatic rings. The van der Waals surface area contributed by atoms with Crippen molar-refractivity contribution in [2.24, 2.45) is 0 Å². The summed E-state index contributed by atoms with van der Waals surface area (Å²) in [5.74, 6) is 2.84. The standard InChI is InChI=1S/C19H20N2O3/c1-2-12-24-16-10-8-14(9-11-16)13-17-18(22)21(19(23)20-17)15-6-4-3-5-7-15/h1,8-11,13,15H,3-7,12H2,(H,20,23)/b17-13-. The molecule has 1 aromatic rings. The second-order valence-corrected chi connectivity index (χ2v) is 6.02. The van der Waals surface area contributed by atoms with Crippen LogP contribution in [0, 0.1) is 12.3 Å². The Kier molecular flexibility index (Phi) is 4.85. The molecule has 2 fully saturated rings. The Morgan fingerprint density at radius 2 is 1.92 bits per heavy atom. The number of imide groups is 1. The van der Waals surface area contributed by atoms with E-state index >= 15 is 0 Å². The molecule has 1 aliphatic carbocycles. The molecule has 1 aromatic carbocycles. The summed E-state index contributed by atoms with van der Waals surface area (Å²) in [5, 5.41) is 2.69. The smallest absolute Gasteiger partial charge is 0.329 e. The number of urea groups is 1. The highest BCUT2D eigenvalue weighted by atomic mass is 16.5. The molecule has 0 radical (unpaired) electrons. The van der Waals surface area contributed by atoms with Gasteiger partial charge in [0.2, 0.25) is 0 Å². The van der Waals surface area contributed by atoms with Crippen molar-refractivity contribution in [3.8, 4) is 18.1 Å². The molecule has 1 saturated carbocycles. The van der Waals surface area contributed by atoms with Gasteiger partial charge in [0, 0.05) is 6.04 Å². The van der Waals surface area contributed by atoms with Crippen LogP contribution in [0.4, 0.5) is 4.79 Å². The molecule has 5 nitrogen and oxygen atoms in total. The van der Waals surface area contributed by atoms with E-state index in [0.29, 0.717) is 11.4 Å². The summed E-state index contributed by atoms with van der Waals surface area (Å²) in [7, 11) is 0. The fourth-order valence-electron chi connectivity index (χ4n) is 3.17. The number of carbonyl (C=O) groups excluding carboxylic acids is 2. The van der Waals surface area contributed by atoms with Gasteiger partial charge in [-0.15, -0.1) is 6.42 Å². The van der Waals surface area contributed by atoms with E-state index in [1.807, 2.05) is 12.1 Å². The summed E-state index contributed by atoms with van der Waals surface area (Å²) in [6.45, 7) is 0.214. The van der Waals surface area contributed by atoms with E-state index in [0.717, 1.165) is 31.2 Å². The molecule has 3 rings (SSSR count). The molecular weight excluding hydrogens is 304 g/mol. The second kappa shape index (κ2) is 7.22. The number of rotatable bonds is 4. The minimum atomic E-state index is -0.313. The third-order valence-corrected chi connectivity index (χ3v) is 4.36. The lowest BCUT2D eigenvalue weighted by atomic mass is 9.94. The van der Waals surface area contributed by atoms with E-state index in [2.05, 4.69) is 11.2 Å². The minimum Gasteiger partial charge on any atom is -0.481 e. The first-order chi connectivity index (χ1) is 11.7. The molecule has 0 bridgehead atoms. The predicted molar refractivity (Wildman–Crippen MR) is 91.0 cm³/mol. The van der Waals surface area contributed by atoms with Crippen molar-refractivity contribution in [2.75, 3.05) is 6.61 Å². The molecule has 1 N–H and O–H groups in total. The molecule has 0 aromatic heterocycles. The van der Waals surface area contributed by atoms with Gasteiger partial charge in [-0.2, -0.15) is 0 Å². The maximum Gasteiger partial charge on any atom is 0.329 e. The summed E-state index contributed by atoms with van der Waals surface area (Å²) in [6, 6.07) is 6.92. The molecule has 5 heteroatoms. The number of ether oxygens (including phenoxy) is 1. The lowest BCUT2D eigenvalue weighted by Gasteiger charge is -2.28. The Hall–Kier alpha value is -2.74. The fraction of sp³-hybridized carbons (Fsp3) is 0.368. The van der Waals surface area contributed by atoms with Crippen LogP contribution in [-0.2, 0) is 4.79 Å². The maximum atomic E-state index is 12.6. The number of benzene rings is 1. The fourth-order valence-corrected chi connectivity index (χ4v) is 3.17. The third-order valence-electron chi connectivity index (χ3n) is 4.36. The SMILES string of the molecule is C#CCOc1ccc(/C=C2\NC(=O)N(C3CCCCC3)C2=O)cc1. The number of terminal acetylenes is 1. The van der Waals surface area contributed by atoms with E-state index in [1.54, 1.807) is 18.2 Å². The molecule has 124 valence electrons. The molecule has 0 unspecified atom stereocenters. The number of amides is 3. The van der Waals surface area contributed by atoms with Crippen LogP contribution in [-0.4, -0.2) is 29.5 Å². The second-order valence-electron chi connectivity index (χ2n) is 6.02. The Labute approximate surface area is 141 Å². The first-order valence-corrected chi connectivity index (χ1v) is 8.21. The average Bonchev–Trinajstić information content (AvgIpc) is 2.88. The first-order valence-electron chi connectivity index (χ1n) is 8.21. The quantitative estimate of drug-likeness (QED) is 0.526. The normalized spacial score (nSPS) is 20.1. The molecule has 1 saturated heterocycles. The summed E-state index contributed by atoms with van der Waals surface area (Å²) in [6.07, 6.45) is 11.9.